The number of imidazole rings is 1. The Balaban J connectivity index is 1.85. The van der Waals surface area contributed by atoms with Crippen LogP contribution in [0.5, 0.6) is 0 Å². The van der Waals surface area contributed by atoms with E-state index in [4.69, 9.17) is 0 Å². The van der Waals surface area contributed by atoms with Crippen LogP contribution in [0.25, 0.3) is 11.0 Å². The quantitative estimate of drug-likeness (QED) is 0.790. The molecule has 1 amide bonds. The van der Waals surface area contributed by atoms with Crippen LogP contribution in [0.2, 0.25) is 0 Å². The second kappa shape index (κ2) is 5.17. The third-order valence-electron chi connectivity index (χ3n) is 3.32. The van der Waals surface area contributed by atoms with Crippen molar-refractivity contribution in [2.45, 2.75) is 13.0 Å². The Morgan fingerprint density at radius 3 is 2.60 bits per heavy atom. The number of nitrogens with zero attached hydrogens (tertiary/aromatic N) is 2. The molecule has 3 rings (SSSR count). The number of para-hydroxylation sites is 3. The van der Waals surface area contributed by atoms with Crippen molar-refractivity contribution in [3.05, 3.63) is 60.9 Å². The maximum Gasteiger partial charge on any atom is 0.247 e. The third-order valence-corrected chi connectivity index (χ3v) is 3.32. The zero-order valence-electron chi connectivity index (χ0n) is 11.2. The van der Waals surface area contributed by atoms with Gasteiger partial charge in [0.15, 0.2) is 0 Å². The first-order valence-electron chi connectivity index (χ1n) is 6.53. The van der Waals surface area contributed by atoms with Crippen molar-refractivity contribution >= 4 is 22.6 Å². The van der Waals surface area contributed by atoms with Gasteiger partial charge in [-0.05, 0) is 31.2 Å². The number of carbonyl (C=O) groups excluding carboxylic acids is 1. The summed E-state index contributed by atoms with van der Waals surface area (Å²) < 4.78 is 1.88. The van der Waals surface area contributed by atoms with Gasteiger partial charge in [0, 0.05) is 5.69 Å². The smallest absolute Gasteiger partial charge is 0.247 e. The summed E-state index contributed by atoms with van der Waals surface area (Å²) >= 11 is 0. The molecule has 0 fully saturated rings. The molecule has 0 spiro atoms. The first kappa shape index (κ1) is 12.4. The van der Waals surface area contributed by atoms with Gasteiger partial charge >= 0.3 is 0 Å². The van der Waals surface area contributed by atoms with Crippen molar-refractivity contribution in [1.82, 2.24) is 9.55 Å². The van der Waals surface area contributed by atoms with Crippen LogP contribution in [-0.4, -0.2) is 15.5 Å². The van der Waals surface area contributed by atoms with Gasteiger partial charge in [-0.15, -0.1) is 0 Å². The number of rotatable bonds is 3. The maximum absolute atomic E-state index is 12.3. The van der Waals surface area contributed by atoms with Gasteiger partial charge in [-0.25, -0.2) is 4.98 Å². The summed E-state index contributed by atoms with van der Waals surface area (Å²) in [5.41, 5.74) is 2.66. The molecule has 0 radical (unpaired) electrons. The molecule has 1 atom stereocenters. The van der Waals surface area contributed by atoms with E-state index in [0.717, 1.165) is 16.7 Å². The van der Waals surface area contributed by atoms with Crippen LogP contribution in [0.1, 0.15) is 13.0 Å². The molecule has 0 aliphatic carbocycles. The summed E-state index contributed by atoms with van der Waals surface area (Å²) in [5.74, 6) is -0.0562. The minimum Gasteiger partial charge on any atom is -0.324 e. The average Bonchev–Trinajstić information content (AvgIpc) is 2.91. The molecular formula is C16H15N3O. The number of nitrogens with one attached hydrogen (secondary N) is 1. The molecular weight excluding hydrogens is 250 g/mol. The molecule has 0 bridgehead atoms. The van der Waals surface area contributed by atoms with E-state index in [-0.39, 0.29) is 11.9 Å². The molecule has 4 heteroatoms. The predicted octanol–water partition coefficient (Wildman–Crippen LogP) is 3.24. The van der Waals surface area contributed by atoms with Crippen molar-refractivity contribution < 1.29 is 4.79 Å². The molecule has 0 aliphatic heterocycles. The molecule has 0 saturated carbocycles. The van der Waals surface area contributed by atoms with Crippen LogP contribution < -0.4 is 5.32 Å². The Morgan fingerprint density at radius 1 is 1.10 bits per heavy atom. The Morgan fingerprint density at radius 2 is 1.80 bits per heavy atom. The van der Waals surface area contributed by atoms with Crippen LogP contribution in [-0.2, 0) is 4.79 Å². The van der Waals surface area contributed by atoms with Crippen LogP contribution in [0.15, 0.2) is 60.9 Å². The molecule has 1 N–H and O–H groups in total. The van der Waals surface area contributed by atoms with Gasteiger partial charge in [-0.2, -0.15) is 0 Å². The summed E-state index contributed by atoms with van der Waals surface area (Å²) in [4.78, 5) is 16.6. The van der Waals surface area contributed by atoms with Crippen LogP contribution >= 0.6 is 0 Å². The number of benzene rings is 2. The van der Waals surface area contributed by atoms with Crippen LogP contribution in [0, 0.1) is 0 Å². The zero-order valence-corrected chi connectivity index (χ0v) is 11.2. The predicted molar refractivity (Wildman–Crippen MR) is 79.5 cm³/mol. The summed E-state index contributed by atoms with van der Waals surface area (Å²) in [6.45, 7) is 1.87. The van der Waals surface area contributed by atoms with E-state index in [1.165, 1.54) is 0 Å². The molecule has 0 saturated heterocycles. The van der Waals surface area contributed by atoms with Gasteiger partial charge < -0.3 is 9.88 Å². The first-order valence-corrected chi connectivity index (χ1v) is 6.53. The molecule has 1 heterocycles. The lowest BCUT2D eigenvalue weighted by Crippen LogP contribution is -2.23. The standard InChI is InChI=1S/C16H15N3O/c1-12(16(20)18-13-7-3-2-4-8-13)19-11-17-14-9-5-6-10-15(14)19/h2-12H,1H3,(H,18,20). The Labute approximate surface area is 117 Å². The van der Waals surface area contributed by atoms with Gasteiger partial charge in [-0.1, -0.05) is 30.3 Å². The normalized spacial score (nSPS) is 12.2. The van der Waals surface area contributed by atoms with Gasteiger partial charge in [0.2, 0.25) is 5.91 Å². The van der Waals surface area contributed by atoms with Crippen LogP contribution in [0.3, 0.4) is 0 Å². The fraction of sp³-hybridized carbons (Fsp3) is 0.125. The second-order valence-electron chi connectivity index (χ2n) is 4.67. The molecule has 0 aliphatic rings. The lowest BCUT2D eigenvalue weighted by molar-refractivity contribution is -0.118. The van der Waals surface area contributed by atoms with Crippen molar-refractivity contribution in [3.63, 3.8) is 0 Å². The van der Waals surface area contributed by atoms with E-state index in [0.29, 0.717) is 0 Å². The summed E-state index contributed by atoms with van der Waals surface area (Å²) in [5, 5.41) is 2.91. The van der Waals surface area contributed by atoms with Crippen molar-refractivity contribution in [2.24, 2.45) is 0 Å². The van der Waals surface area contributed by atoms with E-state index in [9.17, 15) is 4.79 Å². The highest BCUT2D eigenvalue weighted by atomic mass is 16.2. The molecule has 1 unspecified atom stereocenters. The van der Waals surface area contributed by atoms with Crippen LogP contribution in [0.4, 0.5) is 5.69 Å². The number of carbonyl (C=O) groups is 1. The number of hydrogen-bond acceptors (Lipinski definition) is 2. The van der Waals surface area contributed by atoms with Crippen molar-refractivity contribution in [1.29, 1.82) is 0 Å². The number of aromatic nitrogens is 2. The highest BCUT2D eigenvalue weighted by molar-refractivity contribution is 5.94. The van der Waals surface area contributed by atoms with Gasteiger partial charge in [-0.3, -0.25) is 4.79 Å². The summed E-state index contributed by atoms with van der Waals surface area (Å²) in [6, 6.07) is 16.9. The molecule has 4 nitrogen and oxygen atoms in total. The topological polar surface area (TPSA) is 46.9 Å². The van der Waals surface area contributed by atoms with E-state index in [1.807, 2.05) is 66.1 Å². The van der Waals surface area contributed by atoms with Gasteiger partial charge in [0.1, 0.15) is 6.04 Å². The Kier molecular flexibility index (Phi) is 3.21. The SMILES string of the molecule is CC(C(=O)Nc1ccccc1)n1cnc2ccccc21. The highest BCUT2D eigenvalue weighted by Crippen LogP contribution is 2.18. The zero-order chi connectivity index (χ0) is 13.9. The average molecular weight is 265 g/mol. The first-order chi connectivity index (χ1) is 9.75. The van der Waals surface area contributed by atoms with Crippen molar-refractivity contribution in [3.8, 4) is 0 Å². The highest BCUT2D eigenvalue weighted by Gasteiger charge is 2.16. The fourth-order valence-corrected chi connectivity index (χ4v) is 2.18. The largest absolute Gasteiger partial charge is 0.324 e. The molecule has 100 valence electrons. The Hall–Kier alpha value is -2.62. The third kappa shape index (κ3) is 2.28. The summed E-state index contributed by atoms with van der Waals surface area (Å²) in [6.07, 6.45) is 1.71. The van der Waals surface area contributed by atoms with E-state index in [2.05, 4.69) is 10.3 Å². The molecule has 2 aromatic carbocycles. The minimum absolute atomic E-state index is 0.0562. The lowest BCUT2D eigenvalue weighted by atomic mass is 10.2. The van der Waals surface area contributed by atoms with Crippen molar-refractivity contribution in [2.75, 3.05) is 5.32 Å². The fourth-order valence-electron chi connectivity index (χ4n) is 2.18. The summed E-state index contributed by atoms with van der Waals surface area (Å²) in [7, 11) is 0. The number of fused-ring (bicyclic) bond motifs is 1. The Bertz CT molecular complexity index is 734. The molecule has 3 aromatic rings. The minimum atomic E-state index is -0.317. The maximum atomic E-state index is 12.3. The van der Waals surface area contributed by atoms with E-state index in [1.54, 1.807) is 6.33 Å². The number of anilines is 1. The molecule has 1 aromatic heterocycles. The van der Waals surface area contributed by atoms with Gasteiger partial charge in [0.05, 0.1) is 17.4 Å². The lowest BCUT2D eigenvalue weighted by Gasteiger charge is -2.14. The number of hydrogen-bond donors (Lipinski definition) is 1. The van der Waals surface area contributed by atoms with Gasteiger partial charge in [0.25, 0.3) is 0 Å². The van der Waals surface area contributed by atoms with E-state index >= 15 is 0 Å². The second-order valence-corrected chi connectivity index (χ2v) is 4.67. The molecule has 20 heavy (non-hydrogen) atoms. The monoisotopic (exact) mass is 265 g/mol. The van der Waals surface area contributed by atoms with E-state index < -0.39 is 0 Å². The number of amides is 1.